The lowest BCUT2D eigenvalue weighted by atomic mass is 9.85. The molecule has 0 aliphatic carbocycles. The van der Waals surface area contributed by atoms with Gasteiger partial charge in [-0.2, -0.15) is 0 Å². The van der Waals surface area contributed by atoms with Crippen LogP contribution in [0, 0.1) is 19.7 Å². The molecule has 17 heavy (non-hydrogen) atoms. The van der Waals surface area contributed by atoms with Crippen molar-refractivity contribution in [3.8, 4) is 0 Å². The van der Waals surface area contributed by atoms with E-state index in [0.29, 0.717) is 12.0 Å². The molecule has 0 heterocycles. The van der Waals surface area contributed by atoms with Crippen LogP contribution < -0.4 is 5.73 Å². The van der Waals surface area contributed by atoms with Crippen molar-refractivity contribution in [2.75, 3.05) is 0 Å². The van der Waals surface area contributed by atoms with Gasteiger partial charge >= 0.3 is 5.97 Å². The summed E-state index contributed by atoms with van der Waals surface area (Å²) in [5.74, 6) is -1.97. The molecule has 0 amide bonds. The van der Waals surface area contributed by atoms with Crippen LogP contribution in [0.5, 0.6) is 0 Å². The number of nitrogens with two attached hydrogens (primary N) is 1. The third-order valence-electron chi connectivity index (χ3n) is 3.26. The van der Waals surface area contributed by atoms with E-state index in [4.69, 9.17) is 10.8 Å². The number of carboxylic acid groups (broad SMARTS) is 1. The number of benzene rings is 1. The second kappa shape index (κ2) is 5.27. The first kappa shape index (κ1) is 13.6. The van der Waals surface area contributed by atoms with Gasteiger partial charge < -0.3 is 10.8 Å². The minimum atomic E-state index is -1.10. The quantitative estimate of drug-likeness (QED) is 0.847. The second-order valence-corrected chi connectivity index (χ2v) is 4.28. The highest BCUT2D eigenvalue weighted by Gasteiger charge is 2.28. The van der Waals surface area contributed by atoms with Crippen LogP contribution in [0.2, 0.25) is 0 Å². The van der Waals surface area contributed by atoms with Crippen LogP contribution in [0.3, 0.4) is 0 Å². The van der Waals surface area contributed by atoms with Crippen LogP contribution in [0.4, 0.5) is 4.39 Å². The van der Waals surface area contributed by atoms with Crippen LogP contribution in [0.1, 0.15) is 36.0 Å². The largest absolute Gasteiger partial charge is 0.480 e. The van der Waals surface area contributed by atoms with Crippen molar-refractivity contribution < 1.29 is 14.3 Å². The molecule has 2 unspecified atom stereocenters. The van der Waals surface area contributed by atoms with E-state index in [9.17, 15) is 9.18 Å². The Hall–Kier alpha value is -1.42. The Kier molecular flexibility index (Phi) is 4.23. The average Bonchev–Trinajstić information content (AvgIpc) is 2.28. The van der Waals surface area contributed by atoms with Crippen molar-refractivity contribution in [1.82, 2.24) is 0 Å². The highest BCUT2D eigenvalue weighted by molar-refractivity contribution is 5.74. The fourth-order valence-corrected chi connectivity index (χ4v) is 2.07. The third-order valence-corrected chi connectivity index (χ3v) is 3.26. The molecule has 3 N–H and O–H groups in total. The zero-order valence-electron chi connectivity index (χ0n) is 10.3. The summed E-state index contributed by atoms with van der Waals surface area (Å²) in [6.45, 7) is 5.48. The maximum atomic E-state index is 13.8. The predicted octanol–water partition coefficient (Wildman–Crippen LogP) is 2.35. The molecule has 0 aliphatic rings. The van der Waals surface area contributed by atoms with Crippen LogP contribution in [-0.4, -0.2) is 17.1 Å². The van der Waals surface area contributed by atoms with Crippen molar-refractivity contribution in [1.29, 1.82) is 0 Å². The highest BCUT2D eigenvalue weighted by atomic mass is 19.1. The lowest BCUT2D eigenvalue weighted by Crippen LogP contribution is -2.37. The Bertz CT molecular complexity index is 432. The maximum Gasteiger partial charge on any atom is 0.321 e. The first-order valence-corrected chi connectivity index (χ1v) is 5.64. The maximum absolute atomic E-state index is 13.8. The summed E-state index contributed by atoms with van der Waals surface area (Å²) in [6, 6.07) is 1.98. The molecular weight excluding hydrogens is 221 g/mol. The van der Waals surface area contributed by atoms with Crippen molar-refractivity contribution in [2.45, 2.75) is 39.2 Å². The van der Waals surface area contributed by atoms with Gasteiger partial charge in [0, 0.05) is 5.92 Å². The highest BCUT2D eigenvalue weighted by Crippen LogP contribution is 2.29. The topological polar surface area (TPSA) is 63.3 Å². The van der Waals surface area contributed by atoms with Gasteiger partial charge in [-0.1, -0.05) is 13.0 Å². The molecule has 0 bridgehead atoms. The molecule has 0 spiro atoms. The van der Waals surface area contributed by atoms with Gasteiger partial charge in [0.25, 0.3) is 0 Å². The van der Waals surface area contributed by atoms with Gasteiger partial charge in [-0.3, -0.25) is 4.79 Å². The smallest absolute Gasteiger partial charge is 0.321 e. The summed E-state index contributed by atoms with van der Waals surface area (Å²) in [5, 5.41) is 8.95. The minimum absolute atomic E-state index is 0.378. The number of rotatable bonds is 4. The van der Waals surface area contributed by atoms with Crippen LogP contribution >= 0.6 is 0 Å². The number of halogens is 1. The number of hydrogen-bond donors (Lipinski definition) is 2. The van der Waals surface area contributed by atoms with Crippen LogP contribution in [0.15, 0.2) is 12.1 Å². The summed E-state index contributed by atoms with van der Waals surface area (Å²) < 4.78 is 13.8. The second-order valence-electron chi connectivity index (χ2n) is 4.28. The van der Waals surface area contributed by atoms with Gasteiger partial charge in [0.15, 0.2) is 0 Å². The molecule has 0 aliphatic heterocycles. The first-order chi connectivity index (χ1) is 7.90. The van der Waals surface area contributed by atoms with Crippen molar-refractivity contribution >= 4 is 5.97 Å². The minimum Gasteiger partial charge on any atom is -0.480 e. The molecule has 1 aromatic rings. The Morgan fingerprint density at radius 3 is 2.53 bits per heavy atom. The monoisotopic (exact) mass is 239 g/mol. The molecule has 94 valence electrons. The van der Waals surface area contributed by atoms with E-state index in [2.05, 4.69) is 0 Å². The van der Waals surface area contributed by atoms with Gasteiger partial charge in [0.2, 0.25) is 0 Å². The van der Waals surface area contributed by atoms with Gasteiger partial charge in [0.05, 0.1) is 0 Å². The third kappa shape index (κ3) is 2.64. The normalized spacial score (nSPS) is 14.4. The van der Waals surface area contributed by atoms with E-state index in [1.807, 2.05) is 13.8 Å². The lowest BCUT2D eigenvalue weighted by molar-refractivity contribution is -0.139. The molecule has 3 nitrogen and oxygen atoms in total. The Morgan fingerprint density at radius 2 is 2.06 bits per heavy atom. The molecule has 4 heteroatoms. The van der Waals surface area contributed by atoms with Crippen molar-refractivity contribution in [3.63, 3.8) is 0 Å². The summed E-state index contributed by atoms with van der Waals surface area (Å²) in [4.78, 5) is 10.9. The molecule has 0 fully saturated rings. The van der Waals surface area contributed by atoms with Crippen molar-refractivity contribution in [2.24, 2.45) is 5.73 Å². The Balaban J connectivity index is 3.29. The van der Waals surface area contributed by atoms with E-state index in [1.165, 1.54) is 6.07 Å². The van der Waals surface area contributed by atoms with E-state index in [1.54, 1.807) is 13.0 Å². The zero-order valence-corrected chi connectivity index (χ0v) is 10.3. The van der Waals surface area contributed by atoms with Gasteiger partial charge in [-0.05, 0) is 43.0 Å². The van der Waals surface area contributed by atoms with Crippen molar-refractivity contribution in [3.05, 3.63) is 34.6 Å². The van der Waals surface area contributed by atoms with Gasteiger partial charge in [0.1, 0.15) is 11.9 Å². The number of aliphatic carboxylic acids is 1. The molecule has 2 atom stereocenters. The molecule has 0 aromatic heterocycles. The fraction of sp³-hybridized carbons (Fsp3) is 0.462. The molecule has 1 rings (SSSR count). The molecule has 1 aromatic carbocycles. The van der Waals surface area contributed by atoms with Gasteiger partial charge in [-0.15, -0.1) is 0 Å². The average molecular weight is 239 g/mol. The fourth-order valence-electron chi connectivity index (χ4n) is 2.07. The number of carbonyl (C=O) groups is 1. The molecule has 0 radical (unpaired) electrons. The van der Waals surface area contributed by atoms with E-state index in [0.717, 1.165) is 11.1 Å². The Morgan fingerprint density at radius 1 is 1.47 bits per heavy atom. The predicted molar refractivity (Wildman–Crippen MR) is 64.5 cm³/mol. The SMILES string of the molecule is CCC(c1c(F)ccc(C)c1C)C(N)C(=O)O. The standard InChI is InChI=1S/C13H18FNO2/c1-4-9(12(15)13(16)17)11-8(3)7(2)5-6-10(11)14/h5-6,9,12H,4,15H2,1-3H3,(H,16,17). The molecule has 0 saturated heterocycles. The number of carboxylic acids is 1. The van der Waals surface area contributed by atoms with Crippen LogP contribution in [-0.2, 0) is 4.79 Å². The van der Waals surface area contributed by atoms with E-state index in [-0.39, 0.29) is 5.82 Å². The molecule has 0 saturated carbocycles. The summed E-state index contributed by atoms with van der Waals surface area (Å²) in [5.41, 5.74) is 7.79. The number of hydrogen-bond acceptors (Lipinski definition) is 2. The number of aryl methyl sites for hydroxylation is 1. The summed E-state index contributed by atoms with van der Waals surface area (Å²) >= 11 is 0. The van der Waals surface area contributed by atoms with Gasteiger partial charge in [-0.25, -0.2) is 4.39 Å². The lowest BCUT2D eigenvalue weighted by Gasteiger charge is -2.23. The summed E-state index contributed by atoms with van der Waals surface area (Å²) in [7, 11) is 0. The zero-order chi connectivity index (χ0) is 13.2. The Labute approximate surface area is 100 Å². The summed E-state index contributed by atoms with van der Waals surface area (Å²) in [6.07, 6.45) is 0.495. The van der Waals surface area contributed by atoms with E-state index < -0.39 is 17.9 Å². The first-order valence-electron chi connectivity index (χ1n) is 5.64. The molecular formula is C13H18FNO2. The van der Waals surface area contributed by atoms with E-state index >= 15 is 0 Å². The van der Waals surface area contributed by atoms with Crippen LogP contribution in [0.25, 0.3) is 0 Å².